The Hall–Kier alpha value is -0.290. The quantitative estimate of drug-likeness (QED) is 0.629. The summed E-state index contributed by atoms with van der Waals surface area (Å²) in [6.45, 7) is -0.385. The van der Waals surface area contributed by atoms with Crippen LogP contribution in [-0.4, -0.2) is 42.9 Å². The Morgan fingerprint density at radius 2 is 1.80 bits per heavy atom. The molecule has 0 bridgehead atoms. The van der Waals surface area contributed by atoms with Crippen LogP contribution < -0.4 is 0 Å². The summed E-state index contributed by atoms with van der Waals surface area (Å²) in [7, 11) is 2.93. The first-order chi connectivity index (χ1) is 4.34. The number of likely N-dealkylation sites (N-methyl/N-ethyl adjacent to an activating group) is 1. The lowest BCUT2D eigenvalue weighted by Gasteiger charge is -2.17. The van der Waals surface area contributed by atoms with Crippen molar-refractivity contribution in [1.82, 2.24) is 4.90 Å². The Morgan fingerprint density at radius 1 is 1.40 bits per heavy atom. The Kier molecular flexibility index (Phi) is 3.11. The maximum Gasteiger partial charge on any atom is 0.415 e. The minimum atomic E-state index is -4.50. The smallest absolute Gasteiger partial charge is 0.382 e. The molecule has 0 fully saturated rings. The van der Waals surface area contributed by atoms with Gasteiger partial charge in [0, 0.05) is 6.54 Å². The molecule has 0 heterocycles. The molecule has 5 heteroatoms. The zero-order chi connectivity index (χ0) is 8.36. The third-order valence-corrected chi connectivity index (χ3v) is 0.916. The molecule has 0 aromatic rings. The fourth-order valence-corrected chi connectivity index (χ4v) is 0.449. The van der Waals surface area contributed by atoms with Gasteiger partial charge >= 0.3 is 6.18 Å². The number of aliphatic hydroxyl groups excluding tert-OH is 1. The minimum Gasteiger partial charge on any atom is -0.382 e. The van der Waals surface area contributed by atoms with Gasteiger partial charge in [-0.1, -0.05) is 0 Å². The first-order valence-electron chi connectivity index (χ1n) is 2.73. The van der Waals surface area contributed by atoms with Crippen molar-refractivity contribution in [2.75, 3.05) is 20.6 Å². The highest BCUT2D eigenvalue weighted by Crippen LogP contribution is 2.19. The monoisotopic (exact) mass is 157 g/mol. The van der Waals surface area contributed by atoms with E-state index in [4.69, 9.17) is 5.11 Å². The molecule has 0 spiro atoms. The standard InChI is InChI=1S/C5H10F3NO/c1-9(2)3-4(10)5(6,7)8/h4,10H,3H2,1-2H3/t4-/m0/s1. The SMILES string of the molecule is CN(C)C[C@H](O)C(F)(F)F. The zero-order valence-corrected chi connectivity index (χ0v) is 5.81. The molecule has 62 valence electrons. The van der Waals surface area contributed by atoms with Crippen LogP contribution >= 0.6 is 0 Å². The van der Waals surface area contributed by atoms with Crippen LogP contribution in [0.5, 0.6) is 0 Å². The topological polar surface area (TPSA) is 23.5 Å². The van der Waals surface area contributed by atoms with Gasteiger partial charge in [-0.05, 0) is 14.1 Å². The lowest BCUT2D eigenvalue weighted by atomic mass is 10.3. The highest BCUT2D eigenvalue weighted by atomic mass is 19.4. The molecule has 0 aliphatic heterocycles. The van der Waals surface area contributed by atoms with Gasteiger partial charge in [-0.3, -0.25) is 0 Å². The first-order valence-corrected chi connectivity index (χ1v) is 2.73. The van der Waals surface area contributed by atoms with E-state index in [0.29, 0.717) is 0 Å². The molecule has 0 rings (SSSR count). The molecule has 0 aliphatic carbocycles. The molecule has 1 atom stereocenters. The molecule has 1 N–H and O–H groups in total. The highest BCUT2D eigenvalue weighted by molar-refractivity contribution is 4.66. The lowest BCUT2D eigenvalue weighted by molar-refractivity contribution is -0.206. The largest absolute Gasteiger partial charge is 0.415 e. The fraction of sp³-hybridized carbons (Fsp3) is 1.00. The van der Waals surface area contributed by atoms with Crippen molar-refractivity contribution in [3.05, 3.63) is 0 Å². The van der Waals surface area contributed by atoms with Crippen LogP contribution in [0.3, 0.4) is 0 Å². The maximum absolute atomic E-state index is 11.5. The second-order valence-corrected chi connectivity index (χ2v) is 2.32. The highest BCUT2D eigenvalue weighted by Gasteiger charge is 2.38. The van der Waals surface area contributed by atoms with Crippen molar-refractivity contribution in [2.45, 2.75) is 12.3 Å². The molecule has 0 unspecified atom stereocenters. The number of rotatable bonds is 2. The molecule has 0 saturated heterocycles. The average Bonchev–Trinajstić information content (AvgIpc) is 1.60. The predicted octanol–water partition coefficient (Wildman–Crippen LogP) is 0.471. The molecule has 2 nitrogen and oxygen atoms in total. The van der Waals surface area contributed by atoms with Gasteiger partial charge in [0.1, 0.15) is 0 Å². The Balaban J connectivity index is 3.73. The van der Waals surface area contributed by atoms with E-state index in [-0.39, 0.29) is 6.54 Å². The van der Waals surface area contributed by atoms with Crippen molar-refractivity contribution in [1.29, 1.82) is 0 Å². The predicted molar refractivity (Wildman–Crippen MR) is 30.6 cm³/mol. The first kappa shape index (κ1) is 9.71. The summed E-state index contributed by atoms with van der Waals surface area (Å²) in [5.74, 6) is 0. The van der Waals surface area contributed by atoms with Gasteiger partial charge in [0.25, 0.3) is 0 Å². The van der Waals surface area contributed by atoms with E-state index in [2.05, 4.69) is 0 Å². The van der Waals surface area contributed by atoms with Gasteiger partial charge in [-0.15, -0.1) is 0 Å². The van der Waals surface area contributed by atoms with Gasteiger partial charge in [0.2, 0.25) is 0 Å². The fourth-order valence-electron chi connectivity index (χ4n) is 0.449. The number of halogens is 3. The van der Waals surface area contributed by atoms with E-state index in [1.54, 1.807) is 0 Å². The van der Waals surface area contributed by atoms with E-state index in [1.807, 2.05) is 0 Å². The second kappa shape index (κ2) is 3.21. The van der Waals surface area contributed by atoms with Crippen LogP contribution in [0.25, 0.3) is 0 Å². The van der Waals surface area contributed by atoms with Crippen LogP contribution in [0.4, 0.5) is 13.2 Å². The van der Waals surface area contributed by atoms with Crippen molar-refractivity contribution < 1.29 is 18.3 Å². The molecular formula is C5H10F3NO. The second-order valence-electron chi connectivity index (χ2n) is 2.32. The molecule has 0 amide bonds. The molecule has 0 aromatic carbocycles. The van der Waals surface area contributed by atoms with Crippen LogP contribution in [0.1, 0.15) is 0 Å². The Morgan fingerprint density at radius 3 is 1.90 bits per heavy atom. The molecule has 10 heavy (non-hydrogen) atoms. The maximum atomic E-state index is 11.5. The third kappa shape index (κ3) is 3.68. The van der Waals surface area contributed by atoms with E-state index in [0.717, 1.165) is 0 Å². The number of alkyl halides is 3. The summed E-state index contributed by atoms with van der Waals surface area (Å²) < 4.78 is 34.6. The molecule has 0 radical (unpaired) electrons. The van der Waals surface area contributed by atoms with Gasteiger partial charge in [0.15, 0.2) is 6.10 Å². The summed E-state index contributed by atoms with van der Waals surface area (Å²) in [4.78, 5) is 1.28. The number of hydrogen-bond donors (Lipinski definition) is 1. The normalized spacial score (nSPS) is 15.9. The third-order valence-electron chi connectivity index (χ3n) is 0.916. The van der Waals surface area contributed by atoms with Crippen LogP contribution in [0, 0.1) is 0 Å². The summed E-state index contributed by atoms with van der Waals surface area (Å²) in [5, 5.41) is 8.39. The van der Waals surface area contributed by atoms with E-state index in [9.17, 15) is 13.2 Å². The summed E-state index contributed by atoms with van der Waals surface area (Å²) in [6.07, 6.45) is -6.73. The van der Waals surface area contributed by atoms with E-state index < -0.39 is 12.3 Å². The van der Waals surface area contributed by atoms with Crippen LogP contribution in [0.15, 0.2) is 0 Å². The number of hydrogen-bond acceptors (Lipinski definition) is 2. The van der Waals surface area contributed by atoms with E-state index in [1.165, 1.54) is 19.0 Å². The van der Waals surface area contributed by atoms with Crippen LogP contribution in [-0.2, 0) is 0 Å². The van der Waals surface area contributed by atoms with Crippen molar-refractivity contribution in [2.24, 2.45) is 0 Å². The van der Waals surface area contributed by atoms with E-state index >= 15 is 0 Å². The minimum absolute atomic E-state index is 0.385. The lowest BCUT2D eigenvalue weighted by Crippen LogP contribution is -2.37. The van der Waals surface area contributed by atoms with Gasteiger partial charge in [0.05, 0.1) is 0 Å². The van der Waals surface area contributed by atoms with Gasteiger partial charge in [-0.25, -0.2) is 0 Å². The van der Waals surface area contributed by atoms with Crippen molar-refractivity contribution in [3.63, 3.8) is 0 Å². The summed E-state index contributed by atoms with van der Waals surface area (Å²) in [6, 6.07) is 0. The molecule has 0 saturated carbocycles. The summed E-state index contributed by atoms with van der Waals surface area (Å²) >= 11 is 0. The van der Waals surface area contributed by atoms with Gasteiger partial charge < -0.3 is 10.0 Å². The number of nitrogens with zero attached hydrogens (tertiary/aromatic N) is 1. The summed E-state index contributed by atoms with van der Waals surface area (Å²) in [5.41, 5.74) is 0. The van der Waals surface area contributed by atoms with Crippen molar-refractivity contribution >= 4 is 0 Å². The van der Waals surface area contributed by atoms with Gasteiger partial charge in [-0.2, -0.15) is 13.2 Å². The Bertz CT molecular complexity index is 102. The zero-order valence-electron chi connectivity index (χ0n) is 5.81. The Labute approximate surface area is 57.2 Å². The molecule has 0 aliphatic rings. The molecule has 0 aromatic heterocycles. The average molecular weight is 157 g/mol. The van der Waals surface area contributed by atoms with Crippen molar-refractivity contribution in [3.8, 4) is 0 Å². The number of aliphatic hydroxyl groups is 1. The molecular weight excluding hydrogens is 147 g/mol. The van der Waals surface area contributed by atoms with Crippen LogP contribution in [0.2, 0.25) is 0 Å².